The van der Waals surface area contributed by atoms with Crippen LogP contribution in [0.15, 0.2) is 11.3 Å². The summed E-state index contributed by atoms with van der Waals surface area (Å²) in [5.41, 5.74) is 0.570. The van der Waals surface area contributed by atoms with Crippen LogP contribution in [0.1, 0.15) is 44.9 Å². The lowest BCUT2D eigenvalue weighted by atomic mass is 9.86. The second kappa shape index (κ2) is 6.03. The molecule has 6 heteroatoms. The number of nitrogens with one attached hydrogen (secondary N) is 1. The van der Waals surface area contributed by atoms with E-state index in [0.29, 0.717) is 12.0 Å². The third-order valence-electron chi connectivity index (χ3n) is 4.91. The van der Waals surface area contributed by atoms with Crippen LogP contribution in [0.2, 0.25) is 0 Å². The van der Waals surface area contributed by atoms with Gasteiger partial charge in [0.05, 0.1) is 0 Å². The molecular weight excluding hydrogens is 264 g/mol. The summed E-state index contributed by atoms with van der Waals surface area (Å²) in [6.45, 7) is 5.91. The molecule has 2 aliphatic rings. The number of aromatic nitrogens is 3. The van der Waals surface area contributed by atoms with Crippen LogP contribution >= 0.6 is 0 Å². The molecule has 0 aromatic carbocycles. The number of hydrogen-bond donors (Lipinski definition) is 1. The molecule has 0 radical (unpaired) electrons. The zero-order chi connectivity index (χ0) is 14.7. The summed E-state index contributed by atoms with van der Waals surface area (Å²) in [6.07, 6.45) is 8.64. The van der Waals surface area contributed by atoms with Gasteiger partial charge < -0.3 is 14.8 Å². The molecule has 0 bridgehead atoms. The Balaban J connectivity index is 1.68. The van der Waals surface area contributed by atoms with Crippen molar-refractivity contribution in [3.63, 3.8) is 0 Å². The molecule has 1 saturated carbocycles. The first-order valence-corrected chi connectivity index (χ1v) is 8.09. The van der Waals surface area contributed by atoms with Crippen LogP contribution < -0.4 is 5.32 Å². The van der Waals surface area contributed by atoms with Crippen LogP contribution in [0.25, 0.3) is 0 Å². The number of aryl methyl sites for hydroxylation is 1. The Morgan fingerprint density at radius 1 is 1.38 bits per heavy atom. The van der Waals surface area contributed by atoms with Gasteiger partial charge in [0, 0.05) is 26.7 Å². The highest BCUT2D eigenvalue weighted by Crippen LogP contribution is 2.45. The number of likely N-dealkylation sites (tertiary alicyclic amines) is 1. The summed E-state index contributed by atoms with van der Waals surface area (Å²) >= 11 is 0. The zero-order valence-corrected chi connectivity index (χ0v) is 13.2. The van der Waals surface area contributed by atoms with Crippen molar-refractivity contribution >= 4 is 5.96 Å². The molecule has 1 aromatic heterocycles. The number of nitrogens with zero attached hydrogens (tertiary/aromatic N) is 5. The minimum Gasteiger partial charge on any atom is -0.357 e. The fourth-order valence-electron chi connectivity index (χ4n) is 3.67. The molecule has 2 heterocycles. The van der Waals surface area contributed by atoms with Crippen molar-refractivity contribution in [1.29, 1.82) is 0 Å². The largest absolute Gasteiger partial charge is 0.357 e. The van der Waals surface area contributed by atoms with Gasteiger partial charge in [-0.1, -0.05) is 12.8 Å². The lowest BCUT2D eigenvalue weighted by Gasteiger charge is -2.25. The van der Waals surface area contributed by atoms with Crippen molar-refractivity contribution in [2.75, 3.05) is 19.6 Å². The normalized spacial score (nSPS) is 21.4. The molecule has 21 heavy (non-hydrogen) atoms. The lowest BCUT2D eigenvalue weighted by molar-refractivity contribution is 0.309. The van der Waals surface area contributed by atoms with Crippen LogP contribution in [0.5, 0.6) is 0 Å². The Morgan fingerprint density at radius 3 is 2.86 bits per heavy atom. The molecule has 116 valence electrons. The molecular formula is C15H26N6. The molecule has 1 aromatic rings. The van der Waals surface area contributed by atoms with E-state index in [1.54, 1.807) is 6.33 Å². The molecule has 2 fully saturated rings. The van der Waals surface area contributed by atoms with Crippen molar-refractivity contribution < 1.29 is 0 Å². The molecule has 1 saturated heterocycles. The standard InChI is InChI=1S/C15H26N6/c1-3-16-14(17-10-13-19-18-12-20(13)2)21-9-8-15(11-21)6-4-5-7-15/h12H,3-11H2,1-2H3,(H,16,17). The first-order valence-electron chi connectivity index (χ1n) is 8.09. The second-order valence-electron chi connectivity index (χ2n) is 6.41. The topological polar surface area (TPSA) is 58.3 Å². The van der Waals surface area contributed by atoms with E-state index >= 15 is 0 Å². The Hall–Kier alpha value is -1.59. The van der Waals surface area contributed by atoms with E-state index in [4.69, 9.17) is 4.99 Å². The van der Waals surface area contributed by atoms with Gasteiger partial charge in [0.2, 0.25) is 0 Å². The zero-order valence-electron chi connectivity index (χ0n) is 13.2. The van der Waals surface area contributed by atoms with Gasteiger partial charge in [-0.2, -0.15) is 0 Å². The average Bonchev–Trinajstić information content (AvgIpc) is 3.19. The van der Waals surface area contributed by atoms with E-state index in [1.807, 2.05) is 11.6 Å². The van der Waals surface area contributed by atoms with Crippen molar-refractivity contribution in [3.05, 3.63) is 12.2 Å². The maximum atomic E-state index is 4.76. The van der Waals surface area contributed by atoms with Crippen molar-refractivity contribution in [2.45, 2.75) is 45.6 Å². The van der Waals surface area contributed by atoms with Crippen LogP contribution in [0.3, 0.4) is 0 Å². The van der Waals surface area contributed by atoms with Gasteiger partial charge in [-0.3, -0.25) is 0 Å². The highest BCUT2D eigenvalue weighted by Gasteiger charge is 2.41. The van der Waals surface area contributed by atoms with E-state index in [9.17, 15) is 0 Å². The molecule has 1 spiro atoms. The first kappa shape index (κ1) is 14.4. The summed E-state index contributed by atoms with van der Waals surface area (Å²) in [6, 6.07) is 0. The Labute approximate surface area is 126 Å². The Morgan fingerprint density at radius 2 is 2.19 bits per heavy atom. The van der Waals surface area contributed by atoms with Crippen LogP contribution in [-0.4, -0.2) is 45.3 Å². The minimum atomic E-state index is 0.570. The van der Waals surface area contributed by atoms with E-state index in [1.165, 1.54) is 32.1 Å². The molecule has 1 N–H and O–H groups in total. The van der Waals surface area contributed by atoms with Crippen LogP contribution in [-0.2, 0) is 13.6 Å². The fraction of sp³-hybridized carbons (Fsp3) is 0.800. The molecule has 1 aliphatic carbocycles. The van der Waals surface area contributed by atoms with Gasteiger partial charge >= 0.3 is 0 Å². The van der Waals surface area contributed by atoms with Crippen molar-refractivity contribution in [1.82, 2.24) is 25.0 Å². The maximum Gasteiger partial charge on any atom is 0.194 e. The monoisotopic (exact) mass is 290 g/mol. The number of aliphatic imine (C=N–C) groups is 1. The van der Waals surface area contributed by atoms with Crippen LogP contribution in [0, 0.1) is 5.41 Å². The van der Waals surface area contributed by atoms with E-state index < -0.39 is 0 Å². The van der Waals surface area contributed by atoms with Gasteiger partial charge in [-0.25, -0.2) is 4.99 Å². The summed E-state index contributed by atoms with van der Waals surface area (Å²) in [5.74, 6) is 1.93. The minimum absolute atomic E-state index is 0.570. The van der Waals surface area contributed by atoms with Gasteiger partial charge in [0.25, 0.3) is 0 Å². The predicted molar refractivity (Wildman–Crippen MR) is 82.9 cm³/mol. The van der Waals surface area contributed by atoms with Gasteiger partial charge in [-0.15, -0.1) is 10.2 Å². The third kappa shape index (κ3) is 3.04. The summed E-state index contributed by atoms with van der Waals surface area (Å²) < 4.78 is 1.93. The number of guanidine groups is 1. The molecule has 1 aliphatic heterocycles. The van der Waals surface area contributed by atoms with E-state index in [-0.39, 0.29) is 0 Å². The SMILES string of the molecule is CCNC(=NCc1nncn1C)N1CCC2(CCCC2)C1. The van der Waals surface area contributed by atoms with Gasteiger partial charge in [-0.05, 0) is 31.6 Å². The molecule has 0 unspecified atom stereocenters. The molecule has 6 nitrogen and oxygen atoms in total. The quantitative estimate of drug-likeness (QED) is 0.678. The van der Waals surface area contributed by atoms with Crippen LogP contribution in [0.4, 0.5) is 0 Å². The third-order valence-corrected chi connectivity index (χ3v) is 4.91. The first-order chi connectivity index (χ1) is 10.2. The van der Waals surface area contributed by atoms with Gasteiger partial charge in [0.15, 0.2) is 11.8 Å². The number of rotatable bonds is 3. The van der Waals surface area contributed by atoms with Crippen molar-refractivity contribution in [3.8, 4) is 0 Å². The second-order valence-corrected chi connectivity index (χ2v) is 6.41. The van der Waals surface area contributed by atoms with E-state index in [2.05, 4.69) is 27.3 Å². The molecule has 0 amide bonds. The fourth-order valence-corrected chi connectivity index (χ4v) is 3.67. The van der Waals surface area contributed by atoms with Gasteiger partial charge in [0.1, 0.15) is 12.9 Å². The summed E-state index contributed by atoms with van der Waals surface area (Å²) in [7, 11) is 1.96. The highest BCUT2D eigenvalue weighted by molar-refractivity contribution is 5.80. The smallest absolute Gasteiger partial charge is 0.194 e. The molecule has 0 atom stereocenters. The number of hydrogen-bond acceptors (Lipinski definition) is 3. The predicted octanol–water partition coefficient (Wildman–Crippen LogP) is 1.55. The summed E-state index contributed by atoms with van der Waals surface area (Å²) in [5, 5.41) is 11.4. The lowest BCUT2D eigenvalue weighted by Crippen LogP contribution is -2.41. The Bertz CT molecular complexity index is 500. The van der Waals surface area contributed by atoms with E-state index in [0.717, 1.165) is 31.4 Å². The van der Waals surface area contributed by atoms with Crippen molar-refractivity contribution in [2.24, 2.45) is 17.5 Å². The highest BCUT2D eigenvalue weighted by atomic mass is 15.3. The summed E-state index contributed by atoms with van der Waals surface area (Å²) in [4.78, 5) is 7.20. The molecule has 3 rings (SSSR count). The average molecular weight is 290 g/mol. The Kier molecular flexibility index (Phi) is 4.12. The maximum absolute atomic E-state index is 4.76.